The fourth-order valence-electron chi connectivity index (χ4n) is 11.3. The van der Waals surface area contributed by atoms with Gasteiger partial charge in [-0.2, -0.15) is 0 Å². The Morgan fingerprint density at radius 2 is 1.59 bits per heavy atom. The number of rotatable bonds is 10. The Balaban J connectivity index is 1.15. The van der Waals surface area contributed by atoms with E-state index in [1.807, 2.05) is 32.9 Å². The van der Waals surface area contributed by atoms with Gasteiger partial charge in [0.05, 0.1) is 49.3 Å². The smallest absolute Gasteiger partial charge is 0.462 e. The number of phosphoric ester groups is 1. The van der Waals surface area contributed by atoms with Gasteiger partial charge in [0.1, 0.15) is 42.0 Å². The summed E-state index contributed by atoms with van der Waals surface area (Å²) in [6.07, 6.45) is 4.31. The highest BCUT2D eigenvalue weighted by atomic mass is 31.2. The number of phosphoric acid groups is 1. The number of ether oxygens (including phenoxy) is 10. The second kappa shape index (κ2) is 21.2. The van der Waals surface area contributed by atoms with Gasteiger partial charge in [0.15, 0.2) is 18.4 Å². The minimum absolute atomic E-state index is 0.0142. The molecule has 0 aromatic heterocycles. The summed E-state index contributed by atoms with van der Waals surface area (Å²) >= 11 is 0. The Morgan fingerprint density at radius 1 is 0.924 bits per heavy atom. The van der Waals surface area contributed by atoms with Crippen LogP contribution in [0, 0.1) is 23.7 Å². The number of carbonyl (C=O) groups excluding carboxylic acids is 1. The lowest BCUT2D eigenvalue weighted by molar-refractivity contribution is -0.340. The monoisotopic (exact) mass is 954 g/mol. The van der Waals surface area contributed by atoms with Gasteiger partial charge in [0, 0.05) is 52.2 Å². The van der Waals surface area contributed by atoms with E-state index in [1.54, 1.807) is 33.1 Å². The maximum Gasteiger partial charge on any atom is 0.470 e. The van der Waals surface area contributed by atoms with Gasteiger partial charge in [-0.3, -0.25) is 9.32 Å². The van der Waals surface area contributed by atoms with Crippen molar-refractivity contribution < 1.29 is 81.3 Å². The van der Waals surface area contributed by atoms with Gasteiger partial charge in [0.2, 0.25) is 0 Å². The first-order valence-electron chi connectivity index (χ1n) is 23.9. The minimum atomic E-state index is -4.81. The largest absolute Gasteiger partial charge is 0.470 e. The molecule has 66 heavy (non-hydrogen) atoms. The third kappa shape index (κ3) is 11.2. The Morgan fingerprint density at radius 3 is 2.26 bits per heavy atom. The zero-order valence-electron chi connectivity index (χ0n) is 40.2. The molecule has 18 heteroatoms. The second-order valence-corrected chi connectivity index (χ2v) is 21.1. The molecular weight excluding hydrogens is 879 g/mol. The number of carbonyl (C=O) groups is 1. The average Bonchev–Trinajstić information content (AvgIpc) is 3.60. The molecule has 0 saturated carbocycles. The predicted molar refractivity (Wildman–Crippen MR) is 238 cm³/mol. The summed E-state index contributed by atoms with van der Waals surface area (Å²) in [5.74, 6) is -2.27. The van der Waals surface area contributed by atoms with Gasteiger partial charge >= 0.3 is 13.8 Å². The highest BCUT2D eigenvalue weighted by Gasteiger charge is 2.60. The Bertz CT molecular complexity index is 1860. The molecule has 7 rings (SSSR count). The third-order valence-electron chi connectivity index (χ3n) is 15.2. The summed E-state index contributed by atoms with van der Waals surface area (Å²) in [6.45, 7) is 15.9. The van der Waals surface area contributed by atoms with Crippen LogP contribution in [0.15, 0.2) is 47.1 Å². The first-order valence-corrected chi connectivity index (χ1v) is 25.4. The van der Waals surface area contributed by atoms with E-state index in [1.165, 1.54) is 7.11 Å². The lowest BCUT2D eigenvalue weighted by atomic mass is 9.71. The number of esters is 1. The molecule has 4 N–H and O–H groups in total. The van der Waals surface area contributed by atoms with Crippen LogP contribution in [0.5, 0.6) is 0 Å². The molecule has 5 fully saturated rings. The normalized spacial score (nSPS) is 47.4. The average molecular weight is 955 g/mol. The van der Waals surface area contributed by atoms with Crippen LogP contribution in [0.3, 0.4) is 0 Å². The summed E-state index contributed by atoms with van der Waals surface area (Å²) < 4.78 is 80.6. The number of aliphatic hydroxyl groups excluding tert-OH is 1. The van der Waals surface area contributed by atoms with Gasteiger partial charge in [-0.15, -0.1) is 0 Å². The van der Waals surface area contributed by atoms with Crippen molar-refractivity contribution in [1.29, 1.82) is 0 Å². The number of allylic oxidation sites excluding steroid dienone is 2. The van der Waals surface area contributed by atoms with Crippen molar-refractivity contribution >= 4 is 13.8 Å². The second-order valence-electron chi connectivity index (χ2n) is 19.9. The summed E-state index contributed by atoms with van der Waals surface area (Å²) in [5.41, 5.74) is 0.0693. The highest BCUT2D eigenvalue weighted by Crippen LogP contribution is 2.48. The molecule has 6 aliphatic heterocycles. The maximum absolute atomic E-state index is 14.4. The molecule has 5 saturated heterocycles. The van der Waals surface area contributed by atoms with Gasteiger partial charge in [-0.1, -0.05) is 64.5 Å². The first kappa shape index (κ1) is 51.9. The van der Waals surface area contributed by atoms with E-state index in [9.17, 15) is 29.4 Å². The van der Waals surface area contributed by atoms with Crippen LogP contribution in [-0.2, 0) is 61.3 Å². The zero-order valence-corrected chi connectivity index (χ0v) is 41.1. The topological polar surface area (TPSA) is 217 Å². The predicted octanol–water partition coefficient (Wildman–Crippen LogP) is 5.72. The SMILES string of the molecule is CC[C@H](C)[C@H]1O[C@]2(CC[C@@H]1C)C[C@@H]1C[C@@H](C/C=C(\C)[C@@H](O[C@H]3C[C@H](OC)[C@@H](O[C@H]4C[C@H](OC)[C@@H](OP(=O)(O)O)[C@H](C)O4)[C@H](C)O3)[C@@H](C)/C=C\C=C3\CO[C@@H]4[C@H](O)C(C)=C[C@@H](C(=O)O1)[C@]34O)O2. The molecule has 0 radical (unpaired) electrons. The standard InChI is InChI=1S/C48H75O17P/c1-11-25(2)42-28(5)17-18-47(64-42)23-34-20-33(63-47)16-15-27(4)41(26(3)13-12-14-32-24-57-45-40(49)29(6)19-35(46(50)60-34)48(32,45)51)61-38-21-36(55-9)43(30(7)58-38)62-39-22-37(56-10)44(31(8)59-39)65-66(52,53)54/h12-15,19,25-26,28,30-31,33-45,49,51H,11,16-18,20-24H2,1-10H3,(H2,52,53,54)/b13-12-,27-15+,32-14-/t25-,26-,28-,30-,31-,33+,34-,35-,36-,37-,38-,39-,40+,41-,42+,43-,44-,45+,47+,48+/m0/s1. The molecule has 7 aliphatic rings. The van der Waals surface area contributed by atoms with Crippen LogP contribution in [0.25, 0.3) is 0 Å². The fraction of sp³-hybridized carbons (Fsp3) is 0.812. The third-order valence-corrected chi connectivity index (χ3v) is 15.7. The molecular formula is C48H75O17P. The molecule has 2 bridgehead atoms. The van der Waals surface area contributed by atoms with Crippen molar-refractivity contribution in [3.8, 4) is 0 Å². The summed E-state index contributed by atoms with van der Waals surface area (Å²) in [5, 5.41) is 23.8. The summed E-state index contributed by atoms with van der Waals surface area (Å²) in [6, 6.07) is 0. The Hall–Kier alpha value is -1.90. The number of hydrogen-bond donors (Lipinski definition) is 4. The van der Waals surface area contributed by atoms with Crippen molar-refractivity contribution in [2.75, 3.05) is 20.8 Å². The molecule has 374 valence electrons. The molecule has 17 nitrogen and oxygen atoms in total. The molecule has 0 aromatic rings. The van der Waals surface area contributed by atoms with Gasteiger partial charge in [-0.25, -0.2) is 4.57 Å². The number of aliphatic hydroxyl groups is 2. The molecule has 1 spiro atoms. The Kier molecular flexibility index (Phi) is 16.7. The lowest BCUT2D eigenvalue weighted by Gasteiger charge is -2.51. The number of hydrogen-bond acceptors (Lipinski definition) is 15. The Labute approximate surface area is 389 Å². The van der Waals surface area contributed by atoms with Crippen molar-refractivity contribution in [2.24, 2.45) is 23.7 Å². The van der Waals surface area contributed by atoms with Crippen LogP contribution < -0.4 is 0 Å². The molecule has 20 atom stereocenters. The summed E-state index contributed by atoms with van der Waals surface area (Å²) in [4.78, 5) is 33.4. The zero-order chi connectivity index (χ0) is 47.9. The highest BCUT2D eigenvalue weighted by molar-refractivity contribution is 7.46. The molecule has 0 unspecified atom stereocenters. The van der Waals surface area contributed by atoms with Crippen LogP contribution in [0.1, 0.15) is 107 Å². The van der Waals surface area contributed by atoms with Crippen LogP contribution in [0.4, 0.5) is 0 Å². The number of methoxy groups -OCH3 is 2. The first-order chi connectivity index (χ1) is 31.2. The van der Waals surface area contributed by atoms with E-state index in [4.69, 9.17) is 51.9 Å². The van der Waals surface area contributed by atoms with Gasteiger partial charge in [-0.05, 0) is 69.1 Å². The number of fused-ring (bicyclic) bond motifs is 2. The van der Waals surface area contributed by atoms with E-state index in [0.29, 0.717) is 55.1 Å². The van der Waals surface area contributed by atoms with Crippen molar-refractivity contribution in [2.45, 2.75) is 204 Å². The van der Waals surface area contributed by atoms with E-state index < -0.39 is 105 Å². The van der Waals surface area contributed by atoms with Crippen LogP contribution in [0.2, 0.25) is 0 Å². The summed E-state index contributed by atoms with van der Waals surface area (Å²) in [7, 11) is -1.77. The van der Waals surface area contributed by atoms with Gasteiger partial charge in [0.25, 0.3) is 0 Å². The minimum Gasteiger partial charge on any atom is -0.462 e. The molecule has 0 aromatic carbocycles. The lowest BCUT2D eigenvalue weighted by Crippen LogP contribution is -2.58. The van der Waals surface area contributed by atoms with E-state index >= 15 is 0 Å². The van der Waals surface area contributed by atoms with Crippen molar-refractivity contribution in [1.82, 2.24) is 0 Å². The maximum atomic E-state index is 14.4. The van der Waals surface area contributed by atoms with E-state index in [-0.39, 0.29) is 31.2 Å². The van der Waals surface area contributed by atoms with Crippen molar-refractivity contribution in [3.63, 3.8) is 0 Å². The molecule has 6 heterocycles. The molecule has 0 amide bonds. The van der Waals surface area contributed by atoms with Gasteiger partial charge < -0.3 is 67.4 Å². The van der Waals surface area contributed by atoms with Crippen molar-refractivity contribution in [3.05, 3.63) is 47.1 Å². The fourth-order valence-corrected chi connectivity index (χ4v) is 11.9. The van der Waals surface area contributed by atoms with E-state index in [0.717, 1.165) is 18.4 Å². The quantitative estimate of drug-likeness (QED) is 0.117. The van der Waals surface area contributed by atoms with Crippen LogP contribution in [-0.4, -0.2) is 144 Å². The molecule has 1 aliphatic carbocycles. The van der Waals surface area contributed by atoms with E-state index in [2.05, 4.69) is 26.8 Å². The van der Waals surface area contributed by atoms with Crippen LogP contribution >= 0.6 is 7.82 Å².